The van der Waals surface area contributed by atoms with Gasteiger partial charge in [0.2, 0.25) is 0 Å². The molecular formula is C31H39N7O5. The van der Waals surface area contributed by atoms with E-state index in [0.29, 0.717) is 63.1 Å². The maximum Gasteiger partial charge on any atom is 0.415 e. The number of amides is 2. The van der Waals surface area contributed by atoms with Crippen molar-refractivity contribution in [2.45, 2.75) is 19.1 Å². The number of pyridine rings is 1. The quantitative estimate of drug-likeness (QED) is 0.194. The number of anilines is 2. The summed E-state index contributed by atoms with van der Waals surface area (Å²) in [5, 5.41) is 6.12. The Morgan fingerprint density at radius 2 is 1.81 bits per heavy atom. The molecule has 0 aliphatic carbocycles. The molecule has 12 nitrogen and oxygen atoms in total. The zero-order valence-corrected chi connectivity index (χ0v) is 24.2. The first-order chi connectivity index (χ1) is 21.0. The Labute approximate surface area is 251 Å². The fourth-order valence-corrected chi connectivity index (χ4v) is 5.08. The summed E-state index contributed by atoms with van der Waals surface area (Å²) in [5.41, 5.74) is 14.7. The second-order valence-electron chi connectivity index (χ2n) is 10.4. The Balaban J connectivity index is 1.08. The molecule has 6 N–H and O–H groups in total. The van der Waals surface area contributed by atoms with Gasteiger partial charge >= 0.3 is 6.09 Å². The summed E-state index contributed by atoms with van der Waals surface area (Å²) in [6.45, 7) is 5.83. The van der Waals surface area contributed by atoms with Gasteiger partial charge in [-0.05, 0) is 60.0 Å². The van der Waals surface area contributed by atoms with Crippen molar-refractivity contribution in [3.05, 3.63) is 66.2 Å². The SMILES string of the molecule is NCCN(CCN)CCOc1cccc(-c2cccc(CNCC[C@H]3CN(c4ccc5c(n4)NC(=O)CO5)C(=O)O3)c2)c1. The zero-order valence-electron chi connectivity index (χ0n) is 24.2. The highest BCUT2D eigenvalue weighted by Crippen LogP contribution is 2.30. The summed E-state index contributed by atoms with van der Waals surface area (Å²) in [6, 6.07) is 19.9. The Bertz CT molecular complexity index is 1400. The molecule has 1 saturated heterocycles. The Kier molecular flexibility index (Phi) is 10.4. The summed E-state index contributed by atoms with van der Waals surface area (Å²) < 4.78 is 16.9. The van der Waals surface area contributed by atoms with Crippen molar-refractivity contribution in [2.24, 2.45) is 11.5 Å². The van der Waals surface area contributed by atoms with E-state index in [1.165, 1.54) is 4.90 Å². The second kappa shape index (κ2) is 14.8. The van der Waals surface area contributed by atoms with Crippen molar-refractivity contribution in [2.75, 3.05) is 69.2 Å². The number of ether oxygens (including phenoxy) is 3. The van der Waals surface area contributed by atoms with Crippen molar-refractivity contribution in [3.63, 3.8) is 0 Å². The molecule has 1 aromatic heterocycles. The van der Waals surface area contributed by atoms with E-state index < -0.39 is 6.09 Å². The summed E-state index contributed by atoms with van der Waals surface area (Å²) >= 11 is 0. The van der Waals surface area contributed by atoms with Gasteiger partial charge in [0.25, 0.3) is 5.91 Å². The second-order valence-corrected chi connectivity index (χ2v) is 10.4. The predicted octanol–water partition coefficient (Wildman–Crippen LogP) is 2.18. The number of nitrogens with zero attached hydrogens (tertiary/aromatic N) is 3. The van der Waals surface area contributed by atoms with E-state index in [4.69, 9.17) is 25.7 Å². The Morgan fingerprint density at radius 3 is 2.63 bits per heavy atom. The van der Waals surface area contributed by atoms with Gasteiger partial charge in [0.05, 0.1) is 6.54 Å². The molecule has 228 valence electrons. The van der Waals surface area contributed by atoms with Crippen LogP contribution < -0.4 is 36.5 Å². The lowest BCUT2D eigenvalue weighted by Crippen LogP contribution is -2.36. The summed E-state index contributed by atoms with van der Waals surface area (Å²) in [6.07, 6.45) is -0.0709. The number of carbonyl (C=O) groups is 2. The van der Waals surface area contributed by atoms with Gasteiger partial charge in [-0.25, -0.2) is 9.78 Å². The van der Waals surface area contributed by atoms with Crippen LogP contribution in [0.25, 0.3) is 11.1 Å². The van der Waals surface area contributed by atoms with E-state index >= 15 is 0 Å². The van der Waals surface area contributed by atoms with Gasteiger partial charge in [-0.1, -0.05) is 30.3 Å². The number of benzene rings is 2. The van der Waals surface area contributed by atoms with Gasteiger partial charge in [-0.2, -0.15) is 0 Å². The summed E-state index contributed by atoms with van der Waals surface area (Å²) in [4.78, 5) is 32.2. The van der Waals surface area contributed by atoms with E-state index in [1.54, 1.807) is 12.1 Å². The molecule has 12 heteroatoms. The molecule has 1 atom stereocenters. The molecule has 0 spiro atoms. The average molecular weight is 590 g/mol. The molecule has 2 aliphatic rings. The first-order valence-electron chi connectivity index (χ1n) is 14.6. The average Bonchev–Trinajstić information content (AvgIpc) is 3.39. The van der Waals surface area contributed by atoms with Gasteiger partial charge in [0, 0.05) is 39.3 Å². The molecule has 3 aromatic rings. The third-order valence-electron chi connectivity index (χ3n) is 7.24. The van der Waals surface area contributed by atoms with Crippen LogP contribution in [0.2, 0.25) is 0 Å². The number of hydrogen-bond acceptors (Lipinski definition) is 10. The van der Waals surface area contributed by atoms with Crippen LogP contribution in [0.15, 0.2) is 60.7 Å². The molecule has 5 rings (SSSR count). The van der Waals surface area contributed by atoms with Crippen molar-refractivity contribution in [1.82, 2.24) is 15.2 Å². The van der Waals surface area contributed by atoms with Gasteiger partial charge in [0.1, 0.15) is 24.3 Å². The predicted molar refractivity (Wildman–Crippen MR) is 164 cm³/mol. The third kappa shape index (κ3) is 8.20. The van der Waals surface area contributed by atoms with E-state index in [1.807, 2.05) is 18.2 Å². The standard InChI is InChI=1S/C31H39N7O5/c32-10-13-37(14-11-33)15-16-41-25-6-2-5-24(18-25)23-4-1-3-22(17-23)19-34-12-9-26-20-38(31(40)43-26)28-8-7-27-30(35-28)36-29(39)21-42-27/h1-8,17-18,26,34H,9-16,19-21,32-33H2,(H,35,36,39)/t26-/m0/s1. The molecular weight excluding hydrogens is 550 g/mol. The lowest BCUT2D eigenvalue weighted by Gasteiger charge is -2.20. The number of hydrogen-bond donors (Lipinski definition) is 4. The van der Waals surface area contributed by atoms with Crippen LogP contribution in [-0.4, -0.2) is 87.0 Å². The monoisotopic (exact) mass is 589 g/mol. The van der Waals surface area contributed by atoms with Crippen molar-refractivity contribution in [3.8, 4) is 22.6 Å². The number of aromatic nitrogens is 1. The first kappa shape index (κ1) is 30.2. The third-order valence-corrected chi connectivity index (χ3v) is 7.24. The van der Waals surface area contributed by atoms with Crippen LogP contribution in [0.1, 0.15) is 12.0 Å². The van der Waals surface area contributed by atoms with Gasteiger partial charge in [-0.15, -0.1) is 0 Å². The topological polar surface area (TPSA) is 157 Å². The van der Waals surface area contributed by atoms with Crippen LogP contribution in [0.5, 0.6) is 11.5 Å². The van der Waals surface area contributed by atoms with Gasteiger partial charge in [-0.3, -0.25) is 14.6 Å². The molecule has 0 bridgehead atoms. The molecule has 2 amide bonds. The number of carbonyl (C=O) groups excluding carboxylic acids is 2. The van der Waals surface area contributed by atoms with Crippen molar-refractivity contribution < 1.29 is 23.8 Å². The molecule has 0 unspecified atom stereocenters. The van der Waals surface area contributed by atoms with E-state index in [0.717, 1.165) is 42.1 Å². The van der Waals surface area contributed by atoms with E-state index in [-0.39, 0.29) is 18.6 Å². The number of cyclic esters (lactones) is 1. The normalized spacial score (nSPS) is 16.1. The van der Waals surface area contributed by atoms with Gasteiger partial charge < -0.3 is 36.3 Å². The van der Waals surface area contributed by atoms with Crippen molar-refractivity contribution in [1.29, 1.82) is 0 Å². The first-order valence-corrected chi connectivity index (χ1v) is 14.6. The minimum absolute atomic E-state index is 0.0487. The molecule has 43 heavy (non-hydrogen) atoms. The maximum atomic E-state index is 12.5. The highest BCUT2D eigenvalue weighted by atomic mass is 16.6. The summed E-state index contributed by atoms with van der Waals surface area (Å²) in [5.74, 6) is 1.74. The minimum Gasteiger partial charge on any atom is -0.492 e. The highest BCUT2D eigenvalue weighted by Gasteiger charge is 2.33. The molecule has 1 fully saturated rings. The largest absolute Gasteiger partial charge is 0.492 e. The number of fused-ring (bicyclic) bond motifs is 1. The molecule has 0 radical (unpaired) electrons. The maximum absolute atomic E-state index is 12.5. The Hall–Kier alpha value is -4.23. The molecule has 2 aliphatic heterocycles. The smallest absolute Gasteiger partial charge is 0.415 e. The number of nitrogens with two attached hydrogens (primary N) is 2. The van der Waals surface area contributed by atoms with Crippen LogP contribution in [0.4, 0.5) is 16.4 Å². The molecule has 0 saturated carbocycles. The molecule has 3 heterocycles. The molecule has 2 aromatic carbocycles. The van der Waals surface area contributed by atoms with Crippen LogP contribution in [-0.2, 0) is 16.1 Å². The summed E-state index contributed by atoms with van der Waals surface area (Å²) in [7, 11) is 0. The van der Waals surface area contributed by atoms with Crippen molar-refractivity contribution >= 4 is 23.6 Å². The number of rotatable bonds is 15. The highest BCUT2D eigenvalue weighted by molar-refractivity contribution is 5.95. The van der Waals surface area contributed by atoms with Crippen LogP contribution in [0.3, 0.4) is 0 Å². The zero-order chi connectivity index (χ0) is 30.0. The van der Waals surface area contributed by atoms with Crippen LogP contribution in [0, 0.1) is 0 Å². The lowest BCUT2D eigenvalue weighted by atomic mass is 10.0. The lowest BCUT2D eigenvalue weighted by molar-refractivity contribution is -0.118. The van der Waals surface area contributed by atoms with E-state index in [9.17, 15) is 9.59 Å². The fraction of sp³-hybridized carbons (Fsp3) is 0.387. The van der Waals surface area contributed by atoms with E-state index in [2.05, 4.69) is 50.8 Å². The van der Waals surface area contributed by atoms with Gasteiger partial charge in [0.15, 0.2) is 18.2 Å². The number of nitrogens with one attached hydrogen (secondary N) is 2. The van der Waals surface area contributed by atoms with Crippen LogP contribution >= 0.6 is 0 Å². The fourth-order valence-electron chi connectivity index (χ4n) is 5.08. The minimum atomic E-state index is -0.456. The Morgan fingerprint density at radius 1 is 1.02 bits per heavy atom.